The van der Waals surface area contributed by atoms with Crippen LogP contribution in [0.3, 0.4) is 0 Å². The Balaban J connectivity index is 3.29. The summed E-state index contributed by atoms with van der Waals surface area (Å²) in [4.78, 5) is 10.6. The summed E-state index contributed by atoms with van der Waals surface area (Å²) in [6.07, 6.45) is 26.9. The molecule has 2 nitrogen and oxygen atoms in total. The van der Waals surface area contributed by atoms with Crippen molar-refractivity contribution in [1.82, 2.24) is 0 Å². The average Bonchev–Trinajstić information content (AvgIpc) is 2.50. The van der Waals surface area contributed by atoms with Crippen molar-refractivity contribution in [2.75, 3.05) is 0 Å². The molecule has 0 aromatic rings. The summed E-state index contributed by atoms with van der Waals surface area (Å²) in [7, 11) is 0. The zero-order valence-corrected chi connectivity index (χ0v) is 14.4. The van der Waals surface area contributed by atoms with Gasteiger partial charge < -0.3 is 5.73 Å². The lowest BCUT2D eigenvalue weighted by molar-refractivity contribution is -0.118. The van der Waals surface area contributed by atoms with Crippen molar-refractivity contribution in [2.45, 2.75) is 84.0 Å². The molecule has 0 spiro atoms. The Labute approximate surface area is 137 Å². The van der Waals surface area contributed by atoms with Gasteiger partial charge in [-0.25, -0.2) is 0 Å². The van der Waals surface area contributed by atoms with E-state index in [4.69, 9.17) is 5.73 Å². The fourth-order valence-corrected chi connectivity index (χ4v) is 2.20. The molecule has 0 saturated carbocycles. The van der Waals surface area contributed by atoms with Gasteiger partial charge in [0.2, 0.25) is 5.91 Å². The lowest BCUT2D eigenvalue weighted by Gasteiger charge is -1.97. The number of unbranched alkanes of at least 4 members (excludes halogenated alkanes) is 7. The fraction of sp³-hybridized carbons (Fsp3) is 0.650. The molecule has 0 unspecified atom stereocenters. The number of hydrogen-bond donors (Lipinski definition) is 1. The van der Waals surface area contributed by atoms with Crippen molar-refractivity contribution in [3.05, 3.63) is 36.5 Å². The number of nitrogens with two attached hydrogens (primary N) is 1. The van der Waals surface area contributed by atoms with Crippen LogP contribution in [0.15, 0.2) is 36.5 Å². The summed E-state index contributed by atoms with van der Waals surface area (Å²) < 4.78 is 0. The number of amides is 1. The van der Waals surface area contributed by atoms with Gasteiger partial charge in [-0.3, -0.25) is 4.79 Å². The Morgan fingerprint density at radius 3 is 1.77 bits per heavy atom. The highest BCUT2D eigenvalue weighted by molar-refractivity contribution is 5.73. The van der Waals surface area contributed by atoms with E-state index in [1.54, 1.807) is 0 Å². The van der Waals surface area contributed by atoms with Crippen molar-refractivity contribution >= 4 is 5.91 Å². The van der Waals surface area contributed by atoms with Crippen molar-refractivity contribution in [1.29, 1.82) is 0 Å². The molecule has 0 aromatic heterocycles. The van der Waals surface area contributed by atoms with Crippen LogP contribution >= 0.6 is 0 Å². The van der Waals surface area contributed by atoms with Crippen molar-refractivity contribution < 1.29 is 4.79 Å². The van der Waals surface area contributed by atoms with Gasteiger partial charge in [0.15, 0.2) is 0 Å². The molecular weight excluding hydrogens is 270 g/mol. The summed E-state index contributed by atoms with van der Waals surface area (Å²) in [6.45, 7) is 2.24. The zero-order chi connectivity index (χ0) is 16.3. The number of rotatable bonds is 15. The molecule has 126 valence electrons. The van der Waals surface area contributed by atoms with E-state index in [2.05, 4.69) is 43.4 Å². The highest BCUT2D eigenvalue weighted by atomic mass is 16.1. The maximum Gasteiger partial charge on any atom is 0.217 e. The van der Waals surface area contributed by atoms with E-state index in [1.165, 1.54) is 38.5 Å². The van der Waals surface area contributed by atoms with E-state index in [-0.39, 0.29) is 5.91 Å². The molecule has 0 aliphatic carbocycles. The lowest BCUT2D eigenvalue weighted by Crippen LogP contribution is -2.09. The third-order valence-electron chi connectivity index (χ3n) is 3.56. The minimum atomic E-state index is -0.178. The molecule has 0 radical (unpaired) electrons. The third kappa shape index (κ3) is 18.7. The van der Waals surface area contributed by atoms with Gasteiger partial charge in [-0.2, -0.15) is 0 Å². The second kappa shape index (κ2) is 17.7. The van der Waals surface area contributed by atoms with Crippen LogP contribution in [0.25, 0.3) is 0 Å². The summed E-state index contributed by atoms with van der Waals surface area (Å²) >= 11 is 0. The summed E-state index contributed by atoms with van der Waals surface area (Å²) in [5.41, 5.74) is 5.10. The molecule has 0 atom stereocenters. The Hall–Kier alpha value is -1.31. The molecule has 2 N–H and O–H groups in total. The van der Waals surface area contributed by atoms with Crippen LogP contribution < -0.4 is 5.73 Å². The van der Waals surface area contributed by atoms with Gasteiger partial charge in [0, 0.05) is 6.42 Å². The summed E-state index contributed by atoms with van der Waals surface area (Å²) in [6, 6.07) is 0. The first-order valence-corrected chi connectivity index (χ1v) is 9.00. The van der Waals surface area contributed by atoms with Crippen LogP contribution in [-0.4, -0.2) is 5.91 Å². The van der Waals surface area contributed by atoms with Gasteiger partial charge in [-0.1, -0.05) is 69.1 Å². The quantitative estimate of drug-likeness (QED) is 0.300. The summed E-state index contributed by atoms with van der Waals surface area (Å²) in [5.74, 6) is -0.178. The van der Waals surface area contributed by atoms with Crippen LogP contribution in [0.1, 0.15) is 84.0 Å². The van der Waals surface area contributed by atoms with Crippen LogP contribution in [0, 0.1) is 0 Å². The van der Waals surface area contributed by atoms with E-state index in [9.17, 15) is 4.79 Å². The van der Waals surface area contributed by atoms with Gasteiger partial charge in [0.25, 0.3) is 0 Å². The van der Waals surface area contributed by atoms with Gasteiger partial charge in [-0.05, 0) is 44.9 Å². The Morgan fingerprint density at radius 2 is 1.23 bits per heavy atom. The highest BCUT2D eigenvalue weighted by Gasteiger charge is 1.93. The molecule has 0 saturated heterocycles. The van der Waals surface area contributed by atoms with Gasteiger partial charge in [0.1, 0.15) is 0 Å². The molecule has 22 heavy (non-hydrogen) atoms. The van der Waals surface area contributed by atoms with Crippen molar-refractivity contribution in [3.63, 3.8) is 0 Å². The van der Waals surface area contributed by atoms with E-state index < -0.39 is 0 Å². The van der Waals surface area contributed by atoms with Crippen LogP contribution in [0.2, 0.25) is 0 Å². The first kappa shape index (κ1) is 20.7. The third-order valence-corrected chi connectivity index (χ3v) is 3.56. The average molecular weight is 306 g/mol. The van der Waals surface area contributed by atoms with Crippen LogP contribution in [-0.2, 0) is 4.79 Å². The molecule has 1 amide bonds. The predicted octanol–water partition coefficient (Wildman–Crippen LogP) is 5.84. The van der Waals surface area contributed by atoms with Crippen LogP contribution in [0.4, 0.5) is 0 Å². The molecule has 0 aliphatic heterocycles. The number of allylic oxidation sites excluding steroid dienone is 6. The standard InChI is InChI=1S/C20H35NO/c1-2-3-4-5-6-7-8-9-10-11-12-13-14-15-16-17-18-19-20(21)22/h6-7,9-10,12-13H,2-5,8,11,14-19H2,1H3,(H2,21,22). The fourth-order valence-electron chi connectivity index (χ4n) is 2.20. The van der Waals surface area contributed by atoms with E-state index in [0.717, 1.165) is 32.1 Å². The number of carbonyl (C=O) groups excluding carboxylic acids is 1. The summed E-state index contributed by atoms with van der Waals surface area (Å²) in [5, 5.41) is 0. The van der Waals surface area contributed by atoms with Crippen molar-refractivity contribution in [2.24, 2.45) is 5.73 Å². The van der Waals surface area contributed by atoms with E-state index >= 15 is 0 Å². The van der Waals surface area contributed by atoms with E-state index in [1.807, 2.05) is 0 Å². The normalized spacial score (nSPS) is 12.0. The Bertz CT molecular complexity index is 329. The van der Waals surface area contributed by atoms with Gasteiger partial charge >= 0.3 is 0 Å². The van der Waals surface area contributed by atoms with Crippen molar-refractivity contribution in [3.8, 4) is 0 Å². The topological polar surface area (TPSA) is 43.1 Å². The number of hydrogen-bond acceptors (Lipinski definition) is 1. The molecule has 0 aliphatic rings. The first-order valence-electron chi connectivity index (χ1n) is 9.00. The van der Waals surface area contributed by atoms with Gasteiger partial charge in [-0.15, -0.1) is 0 Å². The number of primary amides is 1. The van der Waals surface area contributed by atoms with Crippen LogP contribution in [0.5, 0.6) is 0 Å². The molecule has 0 fully saturated rings. The SMILES string of the molecule is CCCCCC=CCC=CCC=CCCCCCCC(N)=O. The second-order valence-electron chi connectivity index (χ2n) is 5.80. The lowest BCUT2D eigenvalue weighted by atomic mass is 10.1. The maximum atomic E-state index is 10.6. The molecule has 0 aromatic carbocycles. The minimum Gasteiger partial charge on any atom is -0.370 e. The predicted molar refractivity (Wildman–Crippen MR) is 97.7 cm³/mol. The Morgan fingerprint density at radius 1 is 0.727 bits per heavy atom. The molecule has 0 bridgehead atoms. The Kier molecular flexibility index (Phi) is 16.7. The monoisotopic (exact) mass is 305 g/mol. The number of carbonyl (C=O) groups is 1. The second-order valence-corrected chi connectivity index (χ2v) is 5.80. The maximum absolute atomic E-state index is 10.6. The molecule has 0 heterocycles. The molecular formula is C20H35NO. The minimum absolute atomic E-state index is 0.178. The highest BCUT2D eigenvalue weighted by Crippen LogP contribution is 2.06. The zero-order valence-electron chi connectivity index (χ0n) is 14.4. The molecule has 0 rings (SSSR count). The largest absolute Gasteiger partial charge is 0.370 e. The van der Waals surface area contributed by atoms with Gasteiger partial charge in [0.05, 0.1) is 0 Å². The first-order chi connectivity index (χ1) is 10.8. The smallest absolute Gasteiger partial charge is 0.217 e. The van der Waals surface area contributed by atoms with E-state index in [0.29, 0.717) is 6.42 Å². The molecule has 2 heteroatoms.